The van der Waals surface area contributed by atoms with Crippen molar-refractivity contribution in [2.75, 3.05) is 5.32 Å². The van der Waals surface area contributed by atoms with Crippen molar-refractivity contribution in [3.05, 3.63) is 42.4 Å². The number of aromatic amines is 1. The van der Waals surface area contributed by atoms with E-state index in [4.69, 9.17) is 0 Å². The van der Waals surface area contributed by atoms with Crippen LogP contribution in [0.1, 0.15) is 18.5 Å². The molecule has 0 radical (unpaired) electrons. The number of hydrogen-bond acceptors (Lipinski definition) is 4. The lowest BCUT2D eigenvalue weighted by Crippen LogP contribution is -2.07. The molecule has 17 heavy (non-hydrogen) atoms. The van der Waals surface area contributed by atoms with E-state index in [-0.39, 0.29) is 6.04 Å². The van der Waals surface area contributed by atoms with Crippen molar-refractivity contribution in [3.63, 3.8) is 0 Å². The van der Waals surface area contributed by atoms with Gasteiger partial charge in [-0.15, -0.1) is 5.10 Å². The first kappa shape index (κ1) is 9.83. The second-order valence-corrected chi connectivity index (χ2v) is 3.84. The zero-order chi connectivity index (χ0) is 11.7. The third-order valence-corrected chi connectivity index (χ3v) is 2.61. The largest absolute Gasteiger partial charge is 0.346 e. The molecule has 3 rings (SSSR count). The van der Waals surface area contributed by atoms with Gasteiger partial charge in [0.25, 0.3) is 0 Å². The molecule has 0 bridgehead atoms. The quantitative estimate of drug-likeness (QED) is 0.714. The van der Waals surface area contributed by atoms with Gasteiger partial charge in [-0.2, -0.15) is 10.1 Å². The Bertz CT molecular complexity index is 579. The second kappa shape index (κ2) is 3.89. The van der Waals surface area contributed by atoms with Gasteiger partial charge in [0.15, 0.2) is 5.65 Å². The highest BCUT2D eigenvalue weighted by atomic mass is 15.3. The topological polar surface area (TPSA) is 70.9 Å². The van der Waals surface area contributed by atoms with Gasteiger partial charge in [0.05, 0.1) is 12.2 Å². The van der Waals surface area contributed by atoms with Crippen LogP contribution in [0.3, 0.4) is 0 Å². The number of nitrogens with one attached hydrogen (secondary N) is 2. The van der Waals surface area contributed by atoms with Crippen LogP contribution in [0.15, 0.2) is 36.8 Å². The summed E-state index contributed by atoms with van der Waals surface area (Å²) in [7, 11) is 0. The summed E-state index contributed by atoms with van der Waals surface area (Å²) in [5.74, 6) is 0.616. The van der Waals surface area contributed by atoms with Crippen molar-refractivity contribution < 1.29 is 0 Å². The number of aromatic nitrogens is 5. The van der Waals surface area contributed by atoms with E-state index in [1.807, 2.05) is 37.5 Å². The van der Waals surface area contributed by atoms with E-state index < -0.39 is 0 Å². The molecule has 86 valence electrons. The molecule has 0 amide bonds. The second-order valence-electron chi connectivity index (χ2n) is 3.84. The molecule has 1 unspecified atom stereocenters. The van der Waals surface area contributed by atoms with Gasteiger partial charge >= 0.3 is 0 Å². The zero-order valence-corrected chi connectivity index (χ0v) is 9.33. The Morgan fingerprint density at radius 3 is 3.12 bits per heavy atom. The molecule has 0 spiro atoms. The lowest BCUT2D eigenvalue weighted by atomic mass is 10.2. The van der Waals surface area contributed by atoms with Gasteiger partial charge in [-0.05, 0) is 19.1 Å². The predicted molar refractivity (Wildman–Crippen MR) is 63.6 cm³/mol. The fourth-order valence-corrected chi connectivity index (χ4v) is 1.67. The minimum atomic E-state index is 0.117. The smallest absolute Gasteiger partial charge is 0.243 e. The number of hydrogen-bond donors (Lipinski definition) is 2. The lowest BCUT2D eigenvalue weighted by molar-refractivity contribution is 0.853. The van der Waals surface area contributed by atoms with E-state index in [1.54, 1.807) is 10.7 Å². The van der Waals surface area contributed by atoms with Gasteiger partial charge < -0.3 is 5.32 Å². The molecule has 3 aromatic heterocycles. The summed E-state index contributed by atoms with van der Waals surface area (Å²) < 4.78 is 1.74. The van der Waals surface area contributed by atoms with Crippen LogP contribution in [0.5, 0.6) is 0 Å². The van der Waals surface area contributed by atoms with Gasteiger partial charge in [-0.3, -0.25) is 5.10 Å². The van der Waals surface area contributed by atoms with Crippen LogP contribution in [-0.2, 0) is 0 Å². The first-order valence-corrected chi connectivity index (χ1v) is 5.39. The van der Waals surface area contributed by atoms with Crippen molar-refractivity contribution in [2.45, 2.75) is 13.0 Å². The maximum atomic E-state index is 4.37. The van der Waals surface area contributed by atoms with Gasteiger partial charge in [-0.25, -0.2) is 4.52 Å². The molecule has 6 nitrogen and oxygen atoms in total. The molecule has 0 aromatic carbocycles. The highest BCUT2D eigenvalue weighted by Gasteiger charge is 2.09. The molecule has 0 fully saturated rings. The molecule has 0 aliphatic heterocycles. The molecule has 3 aromatic rings. The van der Waals surface area contributed by atoms with Crippen molar-refractivity contribution in [1.29, 1.82) is 0 Å². The molecule has 0 aliphatic rings. The lowest BCUT2D eigenvalue weighted by Gasteiger charge is -2.08. The van der Waals surface area contributed by atoms with Crippen molar-refractivity contribution in [1.82, 2.24) is 24.8 Å². The number of anilines is 1. The fraction of sp³-hybridized carbons (Fsp3) is 0.182. The summed E-state index contributed by atoms with van der Waals surface area (Å²) in [6.45, 7) is 2.04. The van der Waals surface area contributed by atoms with Crippen LogP contribution in [-0.4, -0.2) is 24.8 Å². The van der Waals surface area contributed by atoms with E-state index in [9.17, 15) is 0 Å². The molecule has 0 saturated heterocycles. The van der Waals surface area contributed by atoms with Crippen LogP contribution in [0.25, 0.3) is 5.65 Å². The number of rotatable bonds is 3. The normalized spacial score (nSPS) is 12.8. The highest BCUT2D eigenvalue weighted by Crippen LogP contribution is 2.15. The Labute approximate surface area is 97.7 Å². The van der Waals surface area contributed by atoms with Gasteiger partial charge in [0.1, 0.15) is 0 Å². The highest BCUT2D eigenvalue weighted by molar-refractivity contribution is 5.43. The van der Waals surface area contributed by atoms with Crippen LogP contribution >= 0.6 is 0 Å². The van der Waals surface area contributed by atoms with Crippen molar-refractivity contribution in [2.24, 2.45) is 0 Å². The van der Waals surface area contributed by atoms with Gasteiger partial charge in [0, 0.05) is 18.0 Å². The number of pyridine rings is 1. The summed E-state index contributed by atoms with van der Waals surface area (Å²) in [6, 6.07) is 5.89. The van der Waals surface area contributed by atoms with Crippen LogP contribution in [0, 0.1) is 0 Å². The Hall–Kier alpha value is -2.37. The Balaban J connectivity index is 1.85. The van der Waals surface area contributed by atoms with Crippen LogP contribution < -0.4 is 5.32 Å². The summed E-state index contributed by atoms with van der Waals surface area (Å²) in [6.07, 6.45) is 5.51. The summed E-state index contributed by atoms with van der Waals surface area (Å²) in [4.78, 5) is 4.37. The van der Waals surface area contributed by atoms with Crippen molar-refractivity contribution >= 4 is 11.6 Å². The van der Waals surface area contributed by atoms with E-state index in [0.717, 1.165) is 11.2 Å². The maximum Gasteiger partial charge on any atom is 0.243 e. The number of fused-ring (bicyclic) bond motifs is 1. The van der Waals surface area contributed by atoms with Crippen LogP contribution in [0.2, 0.25) is 0 Å². The van der Waals surface area contributed by atoms with Crippen molar-refractivity contribution in [3.8, 4) is 0 Å². The molecule has 3 heterocycles. The summed E-state index contributed by atoms with van der Waals surface area (Å²) in [5, 5.41) is 14.3. The number of H-pyrrole nitrogens is 1. The third kappa shape index (κ3) is 1.84. The monoisotopic (exact) mass is 228 g/mol. The van der Waals surface area contributed by atoms with Gasteiger partial charge in [0.2, 0.25) is 5.95 Å². The third-order valence-electron chi connectivity index (χ3n) is 2.61. The Morgan fingerprint density at radius 2 is 2.35 bits per heavy atom. The predicted octanol–water partition coefficient (Wildman–Crippen LogP) is 1.63. The first-order chi connectivity index (χ1) is 8.33. The fourth-order valence-electron chi connectivity index (χ4n) is 1.67. The minimum absolute atomic E-state index is 0.117. The first-order valence-electron chi connectivity index (χ1n) is 5.39. The average molecular weight is 228 g/mol. The van der Waals surface area contributed by atoms with Crippen LogP contribution in [0.4, 0.5) is 5.95 Å². The summed E-state index contributed by atoms with van der Waals surface area (Å²) in [5.41, 5.74) is 1.90. The molecular formula is C11H12N6. The van der Waals surface area contributed by atoms with E-state index in [0.29, 0.717) is 5.95 Å². The zero-order valence-electron chi connectivity index (χ0n) is 9.33. The molecule has 1 atom stereocenters. The molecular weight excluding hydrogens is 216 g/mol. The average Bonchev–Trinajstić information content (AvgIpc) is 2.97. The molecule has 2 N–H and O–H groups in total. The molecule has 0 aliphatic carbocycles. The maximum absolute atomic E-state index is 4.37. The SMILES string of the molecule is CC(Nc1nc2ccccn2n1)c1cn[nH]c1. The Kier molecular flexibility index (Phi) is 2.25. The van der Waals surface area contributed by atoms with E-state index >= 15 is 0 Å². The Morgan fingerprint density at radius 1 is 1.41 bits per heavy atom. The standard InChI is InChI=1S/C11H12N6/c1-8(9-6-12-13-7-9)14-11-15-10-4-2-3-5-17(10)16-11/h2-8H,1H3,(H,12,13)(H,14,16). The summed E-state index contributed by atoms with van der Waals surface area (Å²) >= 11 is 0. The number of nitrogens with zero attached hydrogens (tertiary/aromatic N) is 4. The minimum Gasteiger partial charge on any atom is -0.346 e. The van der Waals surface area contributed by atoms with Gasteiger partial charge in [-0.1, -0.05) is 6.07 Å². The van der Waals surface area contributed by atoms with E-state index in [2.05, 4.69) is 25.6 Å². The molecule has 0 saturated carbocycles. The van der Waals surface area contributed by atoms with E-state index in [1.165, 1.54) is 0 Å². The molecule has 6 heteroatoms.